The quantitative estimate of drug-likeness (QED) is 0.253. The van der Waals surface area contributed by atoms with Gasteiger partial charge < -0.3 is 16.3 Å². The molecule has 1 aromatic rings. The molecule has 0 aliphatic rings. The molecule has 0 aliphatic heterocycles. The number of hydrogen-bond acceptors (Lipinski definition) is 3. The fourth-order valence-electron chi connectivity index (χ4n) is 1.37. The van der Waals surface area contributed by atoms with Gasteiger partial charge >= 0.3 is 0 Å². The van der Waals surface area contributed by atoms with Crippen molar-refractivity contribution < 1.29 is 10.0 Å². The van der Waals surface area contributed by atoms with E-state index in [4.69, 9.17) is 10.9 Å². The van der Waals surface area contributed by atoms with Gasteiger partial charge in [-0.05, 0) is 60.2 Å². The molecular formula is C12H16IN3O2. The summed E-state index contributed by atoms with van der Waals surface area (Å²) in [4.78, 5) is 12.2. The Morgan fingerprint density at radius 3 is 2.50 bits per heavy atom. The topological polar surface area (TPSA) is 87.7 Å². The van der Waals surface area contributed by atoms with E-state index in [1.54, 1.807) is 6.92 Å². The Hall–Kier alpha value is -1.31. The lowest BCUT2D eigenvalue weighted by atomic mass is 9.85. The zero-order chi connectivity index (χ0) is 13.8. The number of anilines is 1. The van der Waals surface area contributed by atoms with Crippen molar-refractivity contribution in [1.29, 1.82) is 0 Å². The second-order valence-corrected chi connectivity index (χ2v) is 5.38. The maximum absolute atomic E-state index is 12.2. The largest absolute Gasteiger partial charge is 0.409 e. The van der Waals surface area contributed by atoms with Gasteiger partial charge in [-0.2, -0.15) is 0 Å². The van der Waals surface area contributed by atoms with Crippen molar-refractivity contribution in [3.8, 4) is 0 Å². The molecular weight excluding hydrogens is 345 g/mol. The lowest BCUT2D eigenvalue weighted by Crippen LogP contribution is -2.44. The summed E-state index contributed by atoms with van der Waals surface area (Å²) in [6.07, 6.45) is 0.444. The second-order valence-electron chi connectivity index (χ2n) is 4.13. The normalized spacial score (nSPS) is 14.9. The van der Waals surface area contributed by atoms with E-state index in [1.165, 1.54) is 0 Å². The first kappa shape index (κ1) is 14.7. The molecule has 0 aromatic heterocycles. The highest BCUT2D eigenvalue weighted by molar-refractivity contribution is 14.1. The number of nitrogens with one attached hydrogen (secondary N) is 1. The summed E-state index contributed by atoms with van der Waals surface area (Å²) >= 11 is 2.19. The molecule has 1 atom stereocenters. The number of nitrogens with zero attached hydrogens (tertiary/aromatic N) is 1. The van der Waals surface area contributed by atoms with Gasteiger partial charge in [-0.15, -0.1) is 0 Å². The van der Waals surface area contributed by atoms with Crippen LogP contribution in [0.5, 0.6) is 0 Å². The molecule has 6 heteroatoms. The van der Waals surface area contributed by atoms with Gasteiger partial charge in [0.15, 0.2) is 5.84 Å². The third kappa shape index (κ3) is 3.12. The number of nitrogens with two attached hydrogens (primary N) is 1. The van der Waals surface area contributed by atoms with Crippen LogP contribution in [0.1, 0.15) is 20.3 Å². The van der Waals surface area contributed by atoms with Crippen LogP contribution in [0.25, 0.3) is 0 Å². The molecule has 1 rings (SSSR count). The van der Waals surface area contributed by atoms with Gasteiger partial charge in [-0.3, -0.25) is 4.79 Å². The summed E-state index contributed by atoms with van der Waals surface area (Å²) in [5, 5.41) is 14.4. The van der Waals surface area contributed by atoms with Crippen molar-refractivity contribution in [3.63, 3.8) is 0 Å². The Bertz CT molecular complexity index is 459. The molecule has 0 saturated heterocycles. The van der Waals surface area contributed by atoms with Crippen LogP contribution in [0.2, 0.25) is 0 Å². The SMILES string of the molecule is CCC(C)(C(=O)Nc1ccc(I)cc1)/C(N)=N/O. The van der Waals surface area contributed by atoms with E-state index in [0.29, 0.717) is 12.1 Å². The standard InChI is InChI=1S/C12H16IN3O2/c1-3-12(2,10(14)16-18)11(17)15-9-6-4-8(13)5-7-9/h4-7,18H,3H2,1-2H3,(H2,14,16)(H,15,17). The number of amidine groups is 1. The molecule has 0 aliphatic carbocycles. The number of rotatable bonds is 4. The number of carbonyl (C=O) groups excluding carboxylic acids is 1. The molecule has 1 aromatic carbocycles. The van der Waals surface area contributed by atoms with Crippen molar-refractivity contribution >= 4 is 40.0 Å². The van der Waals surface area contributed by atoms with Crippen molar-refractivity contribution in [2.45, 2.75) is 20.3 Å². The van der Waals surface area contributed by atoms with Crippen LogP contribution in [-0.2, 0) is 4.79 Å². The first-order valence-electron chi connectivity index (χ1n) is 5.49. The van der Waals surface area contributed by atoms with Crippen molar-refractivity contribution in [2.24, 2.45) is 16.3 Å². The fraction of sp³-hybridized carbons (Fsp3) is 0.333. The smallest absolute Gasteiger partial charge is 0.238 e. The molecule has 0 spiro atoms. The number of hydrogen-bond donors (Lipinski definition) is 3. The molecule has 0 heterocycles. The third-order valence-corrected chi connectivity index (χ3v) is 3.70. The zero-order valence-electron chi connectivity index (χ0n) is 10.3. The second kappa shape index (κ2) is 6.03. The van der Waals surface area contributed by atoms with Crippen molar-refractivity contribution in [3.05, 3.63) is 27.8 Å². The fourth-order valence-corrected chi connectivity index (χ4v) is 1.73. The minimum absolute atomic E-state index is 0.0898. The Labute approximate surface area is 120 Å². The van der Waals surface area contributed by atoms with E-state index in [-0.39, 0.29) is 11.7 Å². The van der Waals surface area contributed by atoms with Crippen molar-refractivity contribution in [1.82, 2.24) is 0 Å². The maximum atomic E-state index is 12.2. The highest BCUT2D eigenvalue weighted by atomic mass is 127. The van der Waals surface area contributed by atoms with E-state index < -0.39 is 5.41 Å². The highest BCUT2D eigenvalue weighted by Crippen LogP contribution is 2.24. The Kier molecular flexibility index (Phi) is 4.94. The molecule has 0 saturated carbocycles. The Morgan fingerprint density at radius 1 is 1.50 bits per heavy atom. The van der Waals surface area contributed by atoms with E-state index in [0.717, 1.165) is 3.57 Å². The molecule has 4 N–H and O–H groups in total. The monoisotopic (exact) mass is 361 g/mol. The van der Waals surface area contributed by atoms with Gasteiger partial charge in [0, 0.05) is 9.26 Å². The van der Waals surface area contributed by atoms with E-state index >= 15 is 0 Å². The van der Waals surface area contributed by atoms with E-state index in [1.807, 2.05) is 31.2 Å². The van der Waals surface area contributed by atoms with Crippen LogP contribution in [-0.4, -0.2) is 17.0 Å². The number of halogens is 1. The van der Waals surface area contributed by atoms with Gasteiger partial charge in [0.25, 0.3) is 0 Å². The highest BCUT2D eigenvalue weighted by Gasteiger charge is 2.36. The predicted molar refractivity (Wildman–Crippen MR) is 79.6 cm³/mol. The van der Waals surface area contributed by atoms with Crippen LogP contribution in [0.15, 0.2) is 29.4 Å². The lowest BCUT2D eigenvalue weighted by molar-refractivity contribution is -0.121. The summed E-state index contributed by atoms with van der Waals surface area (Å²) in [7, 11) is 0. The van der Waals surface area contributed by atoms with Gasteiger partial charge in [-0.1, -0.05) is 12.1 Å². The first-order valence-corrected chi connectivity index (χ1v) is 6.57. The number of benzene rings is 1. The first-order chi connectivity index (χ1) is 8.43. The van der Waals surface area contributed by atoms with Gasteiger partial charge in [0.2, 0.25) is 5.91 Å². The molecule has 0 bridgehead atoms. The van der Waals surface area contributed by atoms with Crippen molar-refractivity contribution in [2.75, 3.05) is 5.32 Å². The van der Waals surface area contributed by atoms with Crippen LogP contribution in [0, 0.1) is 8.99 Å². The zero-order valence-corrected chi connectivity index (χ0v) is 12.4. The number of oxime groups is 1. The average Bonchev–Trinajstić information content (AvgIpc) is 2.39. The molecule has 98 valence electrons. The molecule has 0 fully saturated rings. The molecule has 0 radical (unpaired) electrons. The lowest BCUT2D eigenvalue weighted by Gasteiger charge is -2.25. The average molecular weight is 361 g/mol. The van der Waals surface area contributed by atoms with E-state index in [9.17, 15) is 4.79 Å². The van der Waals surface area contributed by atoms with Gasteiger partial charge in [0.05, 0.1) is 0 Å². The maximum Gasteiger partial charge on any atom is 0.238 e. The van der Waals surface area contributed by atoms with Gasteiger partial charge in [0.1, 0.15) is 5.41 Å². The van der Waals surface area contributed by atoms with Crippen LogP contribution < -0.4 is 11.1 Å². The van der Waals surface area contributed by atoms with Gasteiger partial charge in [-0.25, -0.2) is 0 Å². The van der Waals surface area contributed by atoms with Crippen LogP contribution >= 0.6 is 22.6 Å². The molecule has 1 unspecified atom stereocenters. The van der Waals surface area contributed by atoms with Crippen LogP contribution in [0.3, 0.4) is 0 Å². The van der Waals surface area contributed by atoms with Crippen LogP contribution in [0.4, 0.5) is 5.69 Å². The predicted octanol–water partition coefficient (Wildman–Crippen LogP) is 2.39. The summed E-state index contributed by atoms with van der Waals surface area (Å²) in [5.74, 6) is -0.380. The molecule has 18 heavy (non-hydrogen) atoms. The summed E-state index contributed by atoms with van der Waals surface area (Å²) in [6, 6.07) is 7.40. The van der Waals surface area contributed by atoms with E-state index in [2.05, 4.69) is 33.1 Å². The minimum Gasteiger partial charge on any atom is -0.409 e. The Morgan fingerprint density at radius 2 is 2.06 bits per heavy atom. The number of amides is 1. The molecule has 5 nitrogen and oxygen atoms in total. The minimum atomic E-state index is -1.02. The summed E-state index contributed by atoms with van der Waals surface area (Å²) in [5.41, 5.74) is 5.25. The molecule has 1 amide bonds. The third-order valence-electron chi connectivity index (χ3n) is 2.98. The summed E-state index contributed by atoms with van der Waals surface area (Å²) < 4.78 is 1.08. The summed E-state index contributed by atoms with van der Waals surface area (Å²) in [6.45, 7) is 3.45. The Balaban J connectivity index is 2.90. The number of carbonyl (C=O) groups is 1.